The molecular weight excluding hydrogens is 262 g/mol. The molecule has 0 atom stereocenters. The Balaban J connectivity index is 2.96. The highest BCUT2D eigenvalue weighted by Gasteiger charge is 2.18. The highest BCUT2D eigenvalue weighted by Crippen LogP contribution is 2.29. The third-order valence-corrected chi connectivity index (χ3v) is 3.44. The molecule has 0 aliphatic carbocycles. The van der Waals surface area contributed by atoms with E-state index in [4.69, 9.17) is 16.3 Å². The molecule has 6 heteroatoms. The molecule has 0 aromatic carbocycles. The van der Waals surface area contributed by atoms with Gasteiger partial charge in [0.2, 0.25) is 5.91 Å². The molecule has 0 radical (unpaired) electrons. The maximum Gasteiger partial charge on any atom is 0.341 e. The Morgan fingerprint density at radius 2 is 2.18 bits per heavy atom. The van der Waals surface area contributed by atoms with Gasteiger partial charge >= 0.3 is 5.97 Å². The first-order chi connectivity index (χ1) is 8.12. The average molecular weight is 276 g/mol. The van der Waals surface area contributed by atoms with E-state index in [9.17, 15) is 9.59 Å². The number of halogens is 1. The molecule has 1 heterocycles. The highest BCUT2D eigenvalue weighted by molar-refractivity contribution is 7.16. The van der Waals surface area contributed by atoms with E-state index in [1.807, 2.05) is 6.92 Å². The van der Waals surface area contributed by atoms with Crippen LogP contribution in [0.5, 0.6) is 0 Å². The van der Waals surface area contributed by atoms with E-state index < -0.39 is 5.97 Å². The van der Waals surface area contributed by atoms with Crippen molar-refractivity contribution >= 4 is 39.8 Å². The number of rotatable bonds is 5. The summed E-state index contributed by atoms with van der Waals surface area (Å²) in [4.78, 5) is 23.9. The molecule has 1 N–H and O–H groups in total. The minimum absolute atomic E-state index is 0.137. The summed E-state index contributed by atoms with van der Waals surface area (Å²) in [7, 11) is 0. The summed E-state index contributed by atoms with van der Waals surface area (Å²) in [5.41, 5.74) is 0.396. The molecule has 0 aliphatic heterocycles. The molecule has 0 fully saturated rings. The molecule has 4 nitrogen and oxygen atoms in total. The first-order valence-corrected chi connectivity index (χ1v) is 6.63. The lowest BCUT2D eigenvalue weighted by molar-refractivity contribution is -0.113. The minimum atomic E-state index is -0.423. The van der Waals surface area contributed by atoms with Crippen LogP contribution in [0.1, 0.15) is 29.1 Å². The lowest BCUT2D eigenvalue weighted by Crippen LogP contribution is -2.14. The number of aryl methyl sites for hydroxylation is 1. The molecule has 1 rings (SSSR count). The van der Waals surface area contributed by atoms with E-state index in [0.717, 1.165) is 11.3 Å². The zero-order valence-corrected chi connectivity index (χ0v) is 11.3. The predicted molar refractivity (Wildman–Crippen MR) is 69.0 cm³/mol. The van der Waals surface area contributed by atoms with E-state index >= 15 is 0 Å². The van der Waals surface area contributed by atoms with Gasteiger partial charge in [0.1, 0.15) is 10.9 Å². The van der Waals surface area contributed by atoms with E-state index in [2.05, 4.69) is 5.32 Å². The summed E-state index contributed by atoms with van der Waals surface area (Å²) in [6, 6.07) is 1.74. The Kier molecular flexibility index (Phi) is 5.44. The Bertz CT molecular complexity index is 417. The second-order valence-corrected chi connectivity index (χ2v) is 4.62. The molecule has 1 amide bonds. The standard InChI is InChI=1S/C11H14ClNO3S/c1-3-7-5-8(11(15)16-4-2)10(17-7)13-9(14)6-12/h5H,3-4,6H2,1-2H3,(H,13,14). The van der Waals surface area contributed by atoms with Gasteiger partial charge in [-0.15, -0.1) is 22.9 Å². The van der Waals surface area contributed by atoms with Gasteiger partial charge in [-0.1, -0.05) is 6.92 Å². The lowest BCUT2D eigenvalue weighted by atomic mass is 10.2. The largest absolute Gasteiger partial charge is 0.462 e. The molecule has 1 aromatic rings. The Labute approximate surface area is 109 Å². The zero-order valence-electron chi connectivity index (χ0n) is 9.71. The van der Waals surface area contributed by atoms with Crippen molar-refractivity contribution in [3.8, 4) is 0 Å². The van der Waals surface area contributed by atoms with Crippen molar-refractivity contribution < 1.29 is 14.3 Å². The molecule has 0 unspecified atom stereocenters. The van der Waals surface area contributed by atoms with Crippen LogP contribution in [0.25, 0.3) is 0 Å². The molecule has 0 bridgehead atoms. The Morgan fingerprint density at radius 3 is 2.71 bits per heavy atom. The van der Waals surface area contributed by atoms with E-state index in [-0.39, 0.29) is 11.8 Å². The Morgan fingerprint density at radius 1 is 1.47 bits per heavy atom. The van der Waals surface area contributed by atoms with Gasteiger partial charge in [-0.25, -0.2) is 4.79 Å². The number of hydrogen-bond acceptors (Lipinski definition) is 4. The predicted octanol–water partition coefficient (Wildman–Crippen LogP) is 2.66. The fraction of sp³-hybridized carbons (Fsp3) is 0.455. The number of thiophene rings is 1. The molecule has 0 aliphatic rings. The summed E-state index contributed by atoms with van der Waals surface area (Å²) in [6.45, 7) is 4.02. The maximum absolute atomic E-state index is 11.7. The molecule has 0 saturated carbocycles. The van der Waals surface area contributed by atoms with Crippen LogP contribution in [-0.4, -0.2) is 24.4 Å². The number of ether oxygens (including phenoxy) is 1. The van der Waals surface area contributed by atoms with Crippen molar-refractivity contribution in [2.24, 2.45) is 0 Å². The number of alkyl halides is 1. The molecule has 1 aromatic heterocycles. The first kappa shape index (κ1) is 14.0. The van der Waals surface area contributed by atoms with Crippen molar-refractivity contribution in [2.45, 2.75) is 20.3 Å². The van der Waals surface area contributed by atoms with Crippen molar-refractivity contribution in [1.29, 1.82) is 0 Å². The van der Waals surface area contributed by atoms with E-state index in [1.165, 1.54) is 11.3 Å². The fourth-order valence-electron chi connectivity index (χ4n) is 1.23. The van der Waals surface area contributed by atoms with Crippen LogP contribution in [0.15, 0.2) is 6.07 Å². The molecule has 0 spiro atoms. The van der Waals surface area contributed by atoms with Crippen LogP contribution < -0.4 is 5.32 Å². The quantitative estimate of drug-likeness (QED) is 0.664. The van der Waals surface area contributed by atoms with Crippen molar-refractivity contribution in [1.82, 2.24) is 0 Å². The summed E-state index contributed by atoms with van der Waals surface area (Å²) >= 11 is 6.78. The van der Waals surface area contributed by atoms with Crippen LogP contribution in [0, 0.1) is 0 Å². The average Bonchev–Trinajstić information content (AvgIpc) is 2.72. The molecular formula is C11H14ClNO3S. The van der Waals surface area contributed by atoms with Crippen molar-refractivity contribution in [3.63, 3.8) is 0 Å². The second-order valence-electron chi connectivity index (χ2n) is 3.21. The van der Waals surface area contributed by atoms with Gasteiger partial charge in [-0.2, -0.15) is 0 Å². The summed E-state index contributed by atoms with van der Waals surface area (Å²) in [5.74, 6) is -0.892. The van der Waals surface area contributed by atoms with Gasteiger partial charge in [-0.05, 0) is 19.4 Å². The van der Waals surface area contributed by atoms with Crippen LogP contribution in [0.3, 0.4) is 0 Å². The van der Waals surface area contributed by atoms with E-state index in [0.29, 0.717) is 17.2 Å². The fourth-order valence-corrected chi connectivity index (χ4v) is 2.30. The number of nitrogens with one attached hydrogen (secondary N) is 1. The van der Waals surface area contributed by atoms with E-state index in [1.54, 1.807) is 13.0 Å². The number of esters is 1. The minimum Gasteiger partial charge on any atom is -0.462 e. The van der Waals surface area contributed by atoms with Crippen LogP contribution in [0.4, 0.5) is 5.00 Å². The number of amides is 1. The first-order valence-electron chi connectivity index (χ1n) is 5.28. The van der Waals surface area contributed by atoms with Gasteiger partial charge in [0.25, 0.3) is 0 Å². The SMILES string of the molecule is CCOC(=O)c1cc(CC)sc1NC(=O)CCl. The third-order valence-electron chi connectivity index (χ3n) is 2.00. The summed E-state index contributed by atoms with van der Waals surface area (Å²) < 4.78 is 4.93. The highest BCUT2D eigenvalue weighted by atomic mass is 35.5. The van der Waals surface area contributed by atoms with Gasteiger partial charge in [0.15, 0.2) is 0 Å². The molecule has 94 valence electrons. The Hall–Kier alpha value is -1.07. The zero-order chi connectivity index (χ0) is 12.8. The second kappa shape index (κ2) is 6.61. The van der Waals surface area contributed by atoms with Crippen LogP contribution in [-0.2, 0) is 16.0 Å². The summed E-state index contributed by atoms with van der Waals surface area (Å²) in [6.07, 6.45) is 0.799. The lowest BCUT2D eigenvalue weighted by Gasteiger charge is -2.03. The smallest absolute Gasteiger partial charge is 0.341 e. The van der Waals surface area contributed by atoms with Crippen LogP contribution >= 0.6 is 22.9 Å². The monoisotopic (exact) mass is 275 g/mol. The van der Waals surface area contributed by atoms with Gasteiger partial charge in [0.05, 0.1) is 12.2 Å². The molecule has 17 heavy (non-hydrogen) atoms. The van der Waals surface area contributed by atoms with Gasteiger partial charge in [0, 0.05) is 4.88 Å². The molecule has 0 saturated heterocycles. The van der Waals surface area contributed by atoms with Gasteiger partial charge < -0.3 is 10.1 Å². The van der Waals surface area contributed by atoms with Crippen LogP contribution in [0.2, 0.25) is 0 Å². The third kappa shape index (κ3) is 3.71. The number of hydrogen-bond donors (Lipinski definition) is 1. The van der Waals surface area contributed by atoms with Crippen molar-refractivity contribution in [2.75, 3.05) is 17.8 Å². The topological polar surface area (TPSA) is 55.4 Å². The number of anilines is 1. The van der Waals surface area contributed by atoms with Crippen molar-refractivity contribution in [3.05, 3.63) is 16.5 Å². The van der Waals surface area contributed by atoms with Gasteiger partial charge in [-0.3, -0.25) is 4.79 Å². The number of carbonyl (C=O) groups excluding carboxylic acids is 2. The summed E-state index contributed by atoms with van der Waals surface area (Å²) in [5, 5.41) is 3.11. The maximum atomic E-state index is 11.7. The number of carbonyl (C=O) groups is 2. The normalized spacial score (nSPS) is 10.1.